The molecule has 0 aromatic heterocycles. The molecule has 24 heavy (non-hydrogen) atoms. The highest BCUT2D eigenvalue weighted by Gasteiger charge is 2.25. The number of nitro groups is 1. The van der Waals surface area contributed by atoms with E-state index in [1.54, 1.807) is 11.9 Å². The van der Waals surface area contributed by atoms with E-state index in [1.165, 1.54) is 18.2 Å². The van der Waals surface area contributed by atoms with Gasteiger partial charge in [-0.3, -0.25) is 14.9 Å². The number of nitrogens with zero attached hydrogens (tertiary/aromatic N) is 3. The quantitative estimate of drug-likeness (QED) is 0.498. The van der Waals surface area contributed by atoms with Gasteiger partial charge in [-0.25, -0.2) is 0 Å². The van der Waals surface area contributed by atoms with Crippen LogP contribution in [0.25, 0.3) is 0 Å². The van der Waals surface area contributed by atoms with Crippen molar-refractivity contribution in [2.45, 2.75) is 39.7 Å². The van der Waals surface area contributed by atoms with Crippen molar-refractivity contribution in [3.8, 4) is 0 Å². The zero-order valence-corrected chi connectivity index (χ0v) is 15.5. The van der Waals surface area contributed by atoms with Crippen molar-refractivity contribution in [2.75, 3.05) is 26.7 Å². The normalized spacial score (nSPS) is 12.2. The highest BCUT2D eigenvalue weighted by Crippen LogP contribution is 2.25. The van der Waals surface area contributed by atoms with Crippen LogP contribution in [0.1, 0.15) is 44.0 Å². The molecular weight excluding hydrogens is 330 g/mol. The van der Waals surface area contributed by atoms with Gasteiger partial charge in [-0.1, -0.05) is 25.4 Å². The summed E-state index contributed by atoms with van der Waals surface area (Å²) in [6.45, 7) is 9.22. The Labute approximate surface area is 148 Å². The smallest absolute Gasteiger partial charge is 0.283 e. The molecule has 1 amide bonds. The molecule has 0 N–H and O–H groups in total. The van der Waals surface area contributed by atoms with E-state index in [9.17, 15) is 14.9 Å². The van der Waals surface area contributed by atoms with E-state index in [0.717, 1.165) is 32.5 Å². The minimum atomic E-state index is -0.571. The fraction of sp³-hybridized carbons (Fsp3) is 0.588. The van der Waals surface area contributed by atoms with Crippen LogP contribution in [0.4, 0.5) is 5.69 Å². The van der Waals surface area contributed by atoms with Crippen LogP contribution in [0.15, 0.2) is 18.2 Å². The number of benzene rings is 1. The van der Waals surface area contributed by atoms with Gasteiger partial charge >= 0.3 is 0 Å². The second-order valence-electron chi connectivity index (χ2n) is 5.85. The lowest BCUT2D eigenvalue weighted by Gasteiger charge is -2.26. The van der Waals surface area contributed by atoms with Gasteiger partial charge in [-0.2, -0.15) is 0 Å². The molecule has 0 fully saturated rings. The van der Waals surface area contributed by atoms with E-state index in [4.69, 9.17) is 11.6 Å². The largest absolute Gasteiger partial charge is 0.339 e. The minimum absolute atomic E-state index is 0.00310. The Balaban J connectivity index is 2.75. The number of carbonyl (C=O) groups is 1. The van der Waals surface area contributed by atoms with Crippen molar-refractivity contribution in [3.05, 3.63) is 38.9 Å². The summed E-state index contributed by atoms with van der Waals surface area (Å²) in [5, 5.41) is 11.4. The van der Waals surface area contributed by atoms with Crippen molar-refractivity contribution < 1.29 is 9.72 Å². The monoisotopic (exact) mass is 355 g/mol. The molecule has 0 bridgehead atoms. The van der Waals surface area contributed by atoms with Gasteiger partial charge in [0, 0.05) is 24.2 Å². The number of amides is 1. The maximum absolute atomic E-state index is 12.6. The summed E-state index contributed by atoms with van der Waals surface area (Å²) in [7, 11) is 1.68. The Morgan fingerprint density at radius 2 is 1.96 bits per heavy atom. The topological polar surface area (TPSA) is 66.7 Å². The Bertz CT molecular complexity index is 576. The van der Waals surface area contributed by atoms with E-state index < -0.39 is 4.92 Å². The zero-order valence-electron chi connectivity index (χ0n) is 14.8. The molecule has 0 radical (unpaired) electrons. The van der Waals surface area contributed by atoms with Gasteiger partial charge < -0.3 is 9.80 Å². The SMILES string of the molecule is CCN(CC)CCCC(C)N(C)C(=O)c1ccc(Cl)cc1[N+](=O)[O-]. The molecule has 134 valence electrons. The molecule has 0 saturated heterocycles. The van der Waals surface area contributed by atoms with Gasteiger partial charge in [0.15, 0.2) is 0 Å². The third kappa shape index (κ3) is 5.46. The number of hydrogen-bond acceptors (Lipinski definition) is 4. The summed E-state index contributed by atoms with van der Waals surface area (Å²) in [6.07, 6.45) is 1.82. The second kappa shape index (κ2) is 9.59. The first kappa shape index (κ1) is 20.4. The summed E-state index contributed by atoms with van der Waals surface area (Å²) < 4.78 is 0. The molecule has 1 aromatic rings. The molecule has 0 aliphatic heterocycles. The van der Waals surface area contributed by atoms with Crippen molar-refractivity contribution in [3.63, 3.8) is 0 Å². The third-order valence-corrected chi connectivity index (χ3v) is 4.59. The number of halogens is 1. The van der Waals surface area contributed by atoms with Crippen LogP contribution in [0.3, 0.4) is 0 Å². The first-order valence-corrected chi connectivity index (χ1v) is 8.63. The van der Waals surface area contributed by atoms with E-state index in [1.807, 2.05) is 6.92 Å². The predicted octanol–water partition coefficient (Wildman–Crippen LogP) is 3.83. The molecule has 7 heteroatoms. The van der Waals surface area contributed by atoms with Gasteiger partial charge in [-0.15, -0.1) is 0 Å². The highest BCUT2D eigenvalue weighted by molar-refractivity contribution is 6.31. The summed E-state index contributed by atoms with van der Waals surface area (Å²) in [4.78, 5) is 27.1. The standard InChI is InChI=1S/C17H26ClN3O3/c1-5-20(6-2)11-7-8-13(3)19(4)17(22)15-10-9-14(18)12-16(15)21(23)24/h9-10,12-13H,5-8,11H2,1-4H3. The molecule has 0 heterocycles. The number of hydrogen-bond donors (Lipinski definition) is 0. The van der Waals surface area contributed by atoms with Gasteiger partial charge in [0.1, 0.15) is 5.56 Å². The average Bonchev–Trinajstić information content (AvgIpc) is 2.57. The lowest BCUT2D eigenvalue weighted by Crippen LogP contribution is -2.36. The Kier molecular flexibility index (Phi) is 8.15. The maximum Gasteiger partial charge on any atom is 0.283 e. The Morgan fingerprint density at radius 1 is 1.33 bits per heavy atom. The first-order chi connectivity index (χ1) is 11.3. The molecule has 0 aliphatic rings. The molecule has 1 atom stereocenters. The van der Waals surface area contributed by atoms with Crippen LogP contribution in [-0.4, -0.2) is 53.4 Å². The van der Waals surface area contributed by atoms with Crippen LogP contribution >= 0.6 is 11.6 Å². The van der Waals surface area contributed by atoms with Gasteiger partial charge in [0.2, 0.25) is 0 Å². The summed E-state index contributed by atoms with van der Waals surface area (Å²) in [6, 6.07) is 4.14. The van der Waals surface area contributed by atoms with Crippen LogP contribution in [0, 0.1) is 10.1 Å². The van der Waals surface area contributed by atoms with Gasteiger partial charge in [0.25, 0.3) is 11.6 Å². The number of nitro benzene ring substituents is 1. The Morgan fingerprint density at radius 3 is 2.50 bits per heavy atom. The Hall–Kier alpha value is -1.66. The molecule has 1 rings (SSSR count). The number of rotatable bonds is 9. The summed E-state index contributed by atoms with van der Waals surface area (Å²) in [5.41, 5.74) is -0.183. The van der Waals surface area contributed by atoms with Crippen LogP contribution in [0.5, 0.6) is 0 Å². The first-order valence-electron chi connectivity index (χ1n) is 8.25. The summed E-state index contributed by atoms with van der Waals surface area (Å²) >= 11 is 5.80. The average molecular weight is 356 g/mol. The maximum atomic E-state index is 12.6. The van der Waals surface area contributed by atoms with Crippen molar-refractivity contribution in [2.24, 2.45) is 0 Å². The van der Waals surface area contributed by atoms with E-state index >= 15 is 0 Å². The van der Waals surface area contributed by atoms with Crippen molar-refractivity contribution >= 4 is 23.2 Å². The fourth-order valence-electron chi connectivity index (χ4n) is 2.57. The highest BCUT2D eigenvalue weighted by atomic mass is 35.5. The van der Waals surface area contributed by atoms with Crippen molar-refractivity contribution in [1.82, 2.24) is 9.80 Å². The molecule has 1 aromatic carbocycles. The molecule has 0 saturated carbocycles. The lowest BCUT2D eigenvalue weighted by atomic mass is 10.1. The lowest BCUT2D eigenvalue weighted by molar-refractivity contribution is -0.385. The third-order valence-electron chi connectivity index (χ3n) is 4.36. The fourth-order valence-corrected chi connectivity index (χ4v) is 2.74. The molecule has 0 spiro atoms. The van der Waals surface area contributed by atoms with Crippen LogP contribution < -0.4 is 0 Å². The summed E-state index contributed by atoms with van der Waals surface area (Å²) in [5.74, 6) is -0.353. The zero-order chi connectivity index (χ0) is 18.3. The minimum Gasteiger partial charge on any atom is -0.339 e. The molecular formula is C17H26ClN3O3. The van der Waals surface area contributed by atoms with Gasteiger partial charge in [0.05, 0.1) is 4.92 Å². The van der Waals surface area contributed by atoms with E-state index in [0.29, 0.717) is 0 Å². The second-order valence-corrected chi connectivity index (χ2v) is 6.29. The molecule has 6 nitrogen and oxygen atoms in total. The molecule has 1 unspecified atom stereocenters. The van der Waals surface area contributed by atoms with Gasteiger partial charge in [-0.05, 0) is 51.5 Å². The van der Waals surface area contributed by atoms with Crippen LogP contribution in [0.2, 0.25) is 5.02 Å². The molecule has 0 aliphatic carbocycles. The predicted molar refractivity (Wildman–Crippen MR) is 96.7 cm³/mol. The number of carbonyl (C=O) groups excluding carboxylic acids is 1. The van der Waals surface area contributed by atoms with E-state index in [-0.39, 0.29) is 28.2 Å². The van der Waals surface area contributed by atoms with Crippen LogP contribution in [-0.2, 0) is 0 Å². The van der Waals surface area contributed by atoms with E-state index in [2.05, 4.69) is 18.7 Å². The van der Waals surface area contributed by atoms with Crippen molar-refractivity contribution in [1.29, 1.82) is 0 Å².